The van der Waals surface area contributed by atoms with Crippen LogP contribution < -0.4 is 16.4 Å². The van der Waals surface area contributed by atoms with Gasteiger partial charge in [0.25, 0.3) is 0 Å². The number of benzene rings is 1. The molecule has 6 nitrogen and oxygen atoms in total. The van der Waals surface area contributed by atoms with E-state index >= 15 is 0 Å². The molecule has 0 bridgehead atoms. The Hall–Kier alpha value is -2.08. The third kappa shape index (κ3) is 6.76. The van der Waals surface area contributed by atoms with E-state index in [0.717, 1.165) is 5.56 Å². The summed E-state index contributed by atoms with van der Waals surface area (Å²) in [6, 6.07) is 7.40. The Morgan fingerprint density at radius 2 is 2.10 bits per heavy atom. The van der Waals surface area contributed by atoms with Crippen LogP contribution in [0.1, 0.15) is 38.3 Å². The van der Waals surface area contributed by atoms with Gasteiger partial charge in [-0.3, -0.25) is 4.79 Å². The highest BCUT2D eigenvalue weighted by Gasteiger charge is 2.12. The van der Waals surface area contributed by atoms with Gasteiger partial charge in [-0.2, -0.15) is 0 Å². The minimum atomic E-state index is -0.202. The molecule has 0 unspecified atom stereocenters. The zero-order chi connectivity index (χ0) is 15.9. The predicted molar refractivity (Wildman–Crippen MR) is 83.2 cm³/mol. The standard InChI is InChI=1S/C15H24N4O2/c1-15(2,3)18-13(20)7-8-17-10-11-5-4-6-12(9-11)14(16)19-21/h4-6,9,17,21H,7-8,10H2,1-3H3,(H2,16,19)(H,18,20). The van der Waals surface area contributed by atoms with Gasteiger partial charge in [-0.15, -0.1) is 0 Å². The lowest BCUT2D eigenvalue weighted by Gasteiger charge is -2.20. The Bertz CT molecular complexity index is 507. The average Bonchev–Trinajstić information content (AvgIpc) is 2.41. The number of hydrogen-bond donors (Lipinski definition) is 4. The van der Waals surface area contributed by atoms with E-state index in [1.807, 2.05) is 39.0 Å². The summed E-state index contributed by atoms with van der Waals surface area (Å²) < 4.78 is 0. The summed E-state index contributed by atoms with van der Waals surface area (Å²) in [5.41, 5.74) is 7.02. The molecule has 0 aromatic heterocycles. The summed E-state index contributed by atoms with van der Waals surface area (Å²) in [6.45, 7) is 7.08. The minimum Gasteiger partial charge on any atom is -0.409 e. The van der Waals surface area contributed by atoms with Gasteiger partial charge in [-0.25, -0.2) is 0 Å². The lowest BCUT2D eigenvalue weighted by molar-refractivity contribution is -0.122. The molecule has 0 saturated heterocycles. The summed E-state index contributed by atoms with van der Waals surface area (Å²) in [4.78, 5) is 11.6. The molecular weight excluding hydrogens is 268 g/mol. The second-order valence-corrected chi connectivity index (χ2v) is 5.91. The number of nitrogens with two attached hydrogens (primary N) is 1. The SMILES string of the molecule is CC(C)(C)NC(=O)CCNCc1cccc(/C(N)=N/O)c1. The highest BCUT2D eigenvalue weighted by molar-refractivity contribution is 5.97. The van der Waals surface area contributed by atoms with E-state index in [9.17, 15) is 4.79 Å². The fraction of sp³-hybridized carbons (Fsp3) is 0.467. The summed E-state index contributed by atoms with van der Waals surface area (Å²) in [7, 11) is 0. The molecule has 0 radical (unpaired) electrons. The molecule has 0 fully saturated rings. The van der Waals surface area contributed by atoms with Crippen LogP contribution in [-0.2, 0) is 11.3 Å². The van der Waals surface area contributed by atoms with Crippen molar-refractivity contribution < 1.29 is 10.0 Å². The van der Waals surface area contributed by atoms with Gasteiger partial charge in [0.1, 0.15) is 0 Å². The molecule has 0 aliphatic carbocycles. The lowest BCUT2D eigenvalue weighted by atomic mass is 10.1. The first kappa shape index (κ1) is 17.0. The molecule has 0 atom stereocenters. The van der Waals surface area contributed by atoms with Crippen molar-refractivity contribution in [3.63, 3.8) is 0 Å². The molecule has 0 spiro atoms. The molecule has 0 aliphatic heterocycles. The molecule has 0 saturated carbocycles. The Labute approximate surface area is 125 Å². The van der Waals surface area contributed by atoms with Crippen LogP contribution in [0, 0.1) is 0 Å². The predicted octanol–water partition coefficient (Wildman–Crippen LogP) is 1.18. The van der Waals surface area contributed by atoms with Gasteiger partial charge in [0.2, 0.25) is 5.91 Å². The van der Waals surface area contributed by atoms with Crippen molar-refractivity contribution >= 4 is 11.7 Å². The first-order valence-electron chi connectivity index (χ1n) is 6.90. The highest BCUT2D eigenvalue weighted by atomic mass is 16.4. The fourth-order valence-corrected chi connectivity index (χ4v) is 1.81. The number of nitrogens with one attached hydrogen (secondary N) is 2. The Morgan fingerprint density at radius 1 is 1.38 bits per heavy atom. The summed E-state index contributed by atoms with van der Waals surface area (Å²) in [5.74, 6) is 0.113. The van der Waals surface area contributed by atoms with Crippen LogP contribution in [0.3, 0.4) is 0 Å². The molecule has 1 aromatic rings. The number of amidine groups is 1. The maximum absolute atomic E-state index is 11.6. The van der Waals surface area contributed by atoms with Crippen molar-refractivity contribution in [2.24, 2.45) is 10.9 Å². The van der Waals surface area contributed by atoms with Crippen molar-refractivity contribution in [2.75, 3.05) is 6.54 Å². The monoisotopic (exact) mass is 292 g/mol. The molecule has 0 aliphatic rings. The number of hydrogen-bond acceptors (Lipinski definition) is 4. The van der Waals surface area contributed by atoms with Gasteiger partial charge < -0.3 is 21.6 Å². The Balaban J connectivity index is 2.38. The first-order chi connectivity index (χ1) is 9.81. The second-order valence-electron chi connectivity index (χ2n) is 5.91. The highest BCUT2D eigenvalue weighted by Crippen LogP contribution is 2.05. The van der Waals surface area contributed by atoms with E-state index in [1.54, 1.807) is 6.07 Å². The zero-order valence-electron chi connectivity index (χ0n) is 12.8. The van der Waals surface area contributed by atoms with E-state index in [0.29, 0.717) is 25.1 Å². The van der Waals surface area contributed by atoms with Crippen LogP contribution >= 0.6 is 0 Å². The average molecular weight is 292 g/mol. The summed E-state index contributed by atoms with van der Waals surface area (Å²) >= 11 is 0. The van der Waals surface area contributed by atoms with E-state index in [1.165, 1.54) is 0 Å². The van der Waals surface area contributed by atoms with E-state index < -0.39 is 0 Å². The maximum Gasteiger partial charge on any atom is 0.221 e. The van der Waals surface area contributed by atoms with Crippen LogP contribution in [0.2, 0.25) is 0 Å². The summed E-state index contributed by atoms with van der Waals surface area (Å²) in [6.07, 6.45) is 0.428. The van der Waals surface area contributed by atoms with E-state index in [4.69, 9.17) is 10.9 Å². The number of rotatable bonds is 6. The van der Waals surface area contributed by atoms with E-state index in [2.05, 4.69) is 15.8 Å². The number of carbonyl (C=O) groups is 1. The molecule has 1 aromatic carbocycles. The molecule has 1 amide bonds. The van der Waals surface area contributed by atoms with Crippen molar-refractivity contribution in [3.05, 3.63) is 35.4 Å². The third-order valence-electron chi connectivity index (χ3n) is 2.70. The van der Waals surface area contributed by atoms with Crippen LogP contribution in [-0.4, -0.2) is 29.0 Å². The maximum atomic E-state index is 11.6. The zero-order valence-corrected chi connectivity index (χ0v) is 12.8. The van der Waals surface area contributed by atoms with Crippen LogP contribution in [0.4, 0.5) is 0 Å². The van der Waals surface area contributed by atoms with E-state index in [-0.39, 0.29) is 17.3 Å². The largest absolute Gasteiger partial charge is 0.409 e. The lowest BCUT2D eigenvalue weighted by Crippen LogP contribution is -2.41. The van der Waals surface area contributed by atoms with Crippen molar-refractivity contribution in [2.45, 2.75) is 39.3 Å². The Kier molecular flexibility index (Phi) is 6.17. The molecule has 1 rings (SSSR count). The topological polar surface area (TPSA) is 99.7 Å². The third-order valence-corrected chi connectivity index (χ3v) is 2.70. The number of amides is 1. The molecule has 0 heterocycles. The molecule has 6 heteroatoms. The minimum absolute atomic E-state index is 0.0282. The second kappa shape index (κ2) is 7.64. The van der Waals surface area contributed by atoms with Crippen molar-refractivity contribution in [1.29, 1.82) is 0 Å². The molecule has 21 heavy (non-hydrogen) atoms. The van der Waals surface area contributed by atoms with Gasteiger partial charge in [-0.1, -0.05) is 23.4 Å². The fourth-order valence-electron chi connectivity index (χ4n) is 1.81. The van der Waals surface area contributed by atoms with Crippen molar-refractivity contribution in [1.82, 2.24) is 10.6 Å². The van der Waals surface area contributed by atoms with Gasteiger partial charge in [-0.05, 0) is 32.4 Å². The number of carbonyl (C=O) groups excluding carboxylic acids is 1. The van der Waals surface area contributed by atoms with Crippen LogP contribution in [0.5, 0.6) is 0 Å². The smallest absolute Gasteiger partial charge is 0.221 e. The quantitative estimate of drug-likeness (QED) is 0.208. The first-order valence-corrected chi connectivity index (χ1v) is 6.90. The molecule has 116 valence electrons. The van der Waals surface area contributed by atoms with Gasteiger partial charge in [0, 0.05) is 30.6 Å². The summed E-state index contributed by atoms with van der Waals surface area (Å²) in [5, 5.41) is 17.7. The normalized spacial score (nSPS) is 12.2. The van der Waals surface area contributed by atoms with Gasteiger partial charge in [0.15, 0.2) is 5.84 Å². The van der Waals surface area contributed by atoms with Crippen molar-refractivity contribution in [3.8, 4) is 0 Å². The number of nitrogens with zero attached hydrogens (tertiary/aromatic N) is 1. The van der Waals surface area contributed by atoms with Gasteiger partial charge in [0.05, 0.1) is 0 Å². The Morgan fingerprint density at radius 3 is 2.71 bits per heavy atom. The molecule has 5 N–H and O–H groups in total. The molecular formula is C15H24N4O2. The van der Waals surface area contributed by atoms with Crippen LogP contribution in [0.15, 0.2) is 29.4 Å². The van der Waals surface area contributed by atoms with Gasteiger partial charge >= 0.3 is 0 Å². The van der Waals surface area contributed by atoms with Crippen LogP contribution in [0.25, 0.3) is 0 Å². The number of oxime groups is 1.